The van der Waals surface area contributed by atoms with E-state index < -0.39 is 0 Å². The van der Waals surface area contributed by atoms with E-state index in [1.807, 2.05) is 12.3 Å². The molecule has 0 bridgehead atoms. The van der Waals surface area contributed by atoms with Gasteiger partial charge in [-0.25, -0.2) is 0 Å². The zero-order chi connectivity index (χ0) is 6.69. The van der Waals surface area contributed by atoms with Crippen molar-refractivity contribution in [3.05, 3.63) is 12.3 Å². The van der Waals surface area contributed by atoms with Crippen LogP contribution in [0, 0.1) is 5.92 Å². The third-order valence-corrected chi connectivity index (χ3v) is 1.47. The fourth-order valence-corrected chi connectivity index (χ4v) is 0.873. The maximum atomic E-state index is 5.13. The lowest BCUT2D eigenvalue weighted by Gasteiger charge is -2.16. The molecule has 0 spiro atoms. The standard InChI is InChI=1S/C7H11NO/c1-6-5-8-4-3-7(6)9-2/h3-7H,1-2H3. The van der Waals surface area contributed by atoms with E-state index in [4.69, 9.17) is 4.74 Å². The number of methoxy groups -OCH3 is 1. The number of ether oxygens (including phenoxy) is 1. The molecule has 0 fully saturated rings. The Labute approximate surface area is 55.2 Å². The number of nitrogens with zero attached hydrogens (tertiary/aromatic N) is 1. The van der Waals surface area contributed by atoms with Crippen LogP contribution in [0.15, 0.2) is 17.3 Å². The van der Waals surface area contributed by atoms with Crippen molar-refractivity contribution in [2.45, 2.75) is 13.0 Å². The first-order chi connectivity index (χ1) is 4.34. The molecule has 0 saturated carbocycles. The van der Waals surface area contributed by atoms with Crippen LogP contribution < -0.4 is 0 Å². The van der Waals surface area contributed by atoms with E-state index in [1.54, 1.807) is 13.3 Å². The molecule has 2 atom stereocenters. The molecule has 1 heterocycles. The molecular formula is C7H11NO. The number of aliphatic imine (C=N–C) groups is 1. The fourth-order valence-electron chi connectivity index (χ4n) is 0.873. The van der Waals surface area contributed by atoms with E-state index in [1.165, 1.54) is 0 Å². The first kappa shape index (κ1) is 6.49. The molecule has 9 heavy (non-hydrogen) atoms. The summed E-state index contributed by atoms with van der Waals surface area (Å²) in [6, 6.07) is 0. The summed E-state index contributed by atoms with van der Waals surface area (Å²) in [4.78, 5) is 3.97. The largest absolute Gasteiger partial charge is 0.377 e. The van der Waals surface area contributed by atoms with Crippen molar-refractivity contribution in [3.8, 4) is 0 Å². The molecule has 0 aromatic carbocycles. The molecule has 0 aliphatic carbocycles. The van der Waals surface area contributed by atoms with Gasteiger partial charge in [0.2, 0.25) is 0 Å². The zero-order valence-electron chi connectivity index (χ0n) is 5.74. The van der Waals surface area contributed by atoms with E-state index in [2.05, 4.69) is 11.9 Å². The maximum Gasteiger partial charge on any atom is 0.0844 e. The molecule has 2 unspecified atom stereocenters. The highest BCUT2D eigenvalue weighted by molar-refractivity contribution is 5.63. The second-order valence-electron chi connectivity index (χ2n) is 2.20. The molecule has 1 aliphatic rings. The summed E-state index contributed by atoms with van der Waals surface area (Å²) < 4.78 is 5.13. The molecule has 2 nitrogen and oxygen atoms in total. The molecule has 0 aromatic heterocycles. The van der Waals surface area contributed by atoms with Crippen molar-refractivity contribution in [2.75, 3.05) is 7.11 Å². The summed E-state index contributed by atoms with van der Waals surface area (Å²) in [6.07, 6.45) is 5.86. The van der Waals surface area contributed by atoms with Crippen LogP contribution in [0.5, 0.6) is 0 Å². The van der Waals surface area contributed by atoms with E-state index in [0.717, 1.165) is 0 Å². The van der Waals surface area contributed by atoms with Crippen LogP contribution in [0.1, 0.15) is 6.92 Å². The molecular weight excluding hydrogens is 114 g/mol. The number of hydrogen-bond acceptors (Lipinski definition) is 2. The lowest BCUT2D eigenvalue weighted by molar-refractivity contribution is 0.119. The summed E-state index contributed by atoms with van der Waals surface area (Å²) in [5.74, 6) is 0.417. The van der Waals surface area contributed by atoms with Crippen molar-refractivity contribution in [1.29, 1.82) is 0 Å². The number of rotatable bonds is 1. The van der Waals surface area contributed by atoms with Crippen molar-refractivity contribution < 1.29 is 4.74 Å². The molecule has 2 heteroatoms. The minimum Gasteiger partial charge on any atom is -0.377 e. The van der Waals surface area contributed by atoms with E-state index >= 15 is 0 Å². The Morgan fingerprint density at radius 1 is 1.56 bits per heavy atom. The average molecular weight is 125 g/mol. The molecule has 50 valence electrons. The van der Waals surface area contributed by atoms with Crippen molar-refractivity contribution >= 4 is 6.21 Å². The summed E-state index contributed by atoms with van der Waals surface area (Å²) in [6.45, 7) is 2.08. The lowest BCUT2D eigenvalue weighted by atomic mass is 10.1. The highest BCUT2D eigenvalue weighted by atomic mass is 16.5. The molecule has 1 rings (SSSR count). The predicted octanol–water partition coefficient (Wildman–Crippen LogP) is 1.24. The minimum absolute atomic E-state index is 0.225. The normalized spacial score (nSPS) is 33.1. The van der Waals surface area contributed by atoms with Gasteiger partial charge < -0.3 is 4.74 Å². The highest BCUT2D eigenvalue weighted by Crippen LogP contribution is 2.09. The Bertz CT molecular complexity index is 140. The zero-order valence-corrected chi connectivity index (χ0v) is 5.74. The Hall–Kier alpha value is -0.630. The highest BCUT2D eigenvalue weighted by Gasteiger charge is 2.12. The van der Waals surface area contributed by atoms with Crippen LogP contribution in [-0.2, 0) is 4.74 Å². The first-order valence-electron chi connectivity index (χ1n) is 3.07. The van der Waals surface area contributed by atoms with Gasteiger partial charge in [0, 0.05) is 25.4 Å². The average Bonchev–Trinajstić information content (AvgIpc) is 1.89. The minimum atomic E-state index is 0.225. The second-order valence-corrected chi connectivity index (χ2v) is 2.20. The summed E-state index contributed by atoms with van der Waals surface area (Å²) in [5, 5.41) is 0. The van der Waals surface area contributed by atoms with E-state index in [0.29, 0.717) is 5.92 Å². The van der Waals surface area contributed by atoms with Gasteiger partial charge >= 0.3 is 0 Å². The topological polar surface area (TPSA) is 21.6 Å². The smallest absolute Gasteiger partial charge is 0.0844 e. The van der Waals surface area contributed by atoms with E-state index in [9.17, 15) is 0 Å². The van der Waals surface area contributed by atoms with Gasteiger partial charge in [0.15, 0.2) is 0 Å². The lowest BCUT2D eigenvalue weighted by Crippen LogP contribution is -2.20. The fraction of sp³-hybridized carbons (Fsp3) is 0.571. The van der Waals surface area contributed by atoms with Gasteiger partial charge in [-0.15, -0.1) is 0 Å². The predicted molar refractivity (Wildman–Crippen MR) is 37.6 cm³/mol. The Kier molecular flexibility index (Phi) is 2.01. The Morgan fingerprint density at radius 2 is 2.33 bits per heavy atom. The SMILES string of the molecule is COC1C=CN=CC1C. The van der Waals surface area contributed by atoms with Crippen molar-refractivity contribution in [1.82, 2.24) is 0 Å². The van der Waals surface area contributed by atoms with Gasteiger partial charge in [-0.2, -0.15) is 0 Å². The summed E-state index contributed by atoms with van der Waals surface area (Å²) in [5.41, 5.74) is 0. The van der Waals surface area contributed by atoms with Crippen LogP contribution in [0.2, 0.25) is 0 Å². The third kappa shape index (κ3) is 1.39. The molecule has 0 N–H and O–H groups in total. The van der Waals surface area contributed by atoms with Crippen molar-refractivity contribution in [3.63, 3.8) is 0 Å². The second kappa shape index (κ2) is 2.78. The van der Waals surface area contributed by atoms with Crippen LogP contribution in [0.3, 0.4) is 0 Å². The molecule has 0 radical (unpaired) electrons. The Morgan fingerprint density at radius 3 is 2.78 bits per heavy atom. The van der Waals surface area contributed by atoms with E-state index in [-0.39, 0.29) is 6.10 Å². The van der Waals surface area contributed by atoms with Gasteiger partial charge in [-0.3, -0.25) is 4.99 Å². The van der Waals surface area contributed by atoms with Gasteiger partial charge in [-0.05, 0) is 6.08 Å². The molecule has 1 aliphatic heterocycles. The first-order valence-corrected chi connectivity index (χ1v) is 3.07. The van der Waals surface area contributed by atoms with Crippen LogP contribution in [0.25, 0.3) is 0 Å². The van der Waals surface area contributed by atoms with Crippen molar-refractivity contribution in [2.24, 2.45) is 10.9 Å². The number of hydrogen-bond donors (Lipinski definition) is 0. The monoisotopic (exact) mass is 125 g/mol. The van der Waals surface area contributed by atoms with Gasteiger partial charge in [0.05, 0.1) is 6.10 Å². The Balaban J connectivity index is 2.55. The molecule has 0 aromatic rings. The van der Waals surface area contributed by atoms with Gasteiger partial charge in [-0.1, -0.05) is 6.92 Å². The van der Waals surface area contributed by atoms with Crippen LogP contribution in [0.4, 0.5) is 0 Å². The van der Waals surface area contributed by atoms with Crippen LogP contribution in [-0.4, -0.2) is 19.4 Å². The quantitative estimate of drug-likeness (QED) is 0.516. The van der Waals surface area contributed by atoms with Crippen LogP contribution >= 0.6 is 0 Å². The molecule has 0 saturated heterocycles. The third-order valence-electron chi connectivity index (χ3n) is 1.47. The summed E-state index contributed by atoms with van der Waals surface area (Å²) in [7, 11) is 1.71. The maximum absolute atomic E-state index is 5.13. The van der Waals surface area contributed by atoms with Gasteiger partial charge in [0.1, 0.15) is 0 Å². The van der Waals surface area contributed by atoms with Gasteiger partial charge in [0.25, 0.3) is 0 Å². The summed E-state index contributed by atoms with van der Waals surface area (Å²) >= 11 is 0. The molecule has 0 amide bonds.